The largest absolute Gasteiger partial charge is 0.445 e. The maximum atomic E-state index is 12.4. The molecule has 5 nitrogen and oxygen atoms in total. The highest BCUT2D eigenvalue weighted by molar-refractivity contribution is 5.85. The summed E-state index contributed by atoms with van der Waals surface area (Å²) >= 11 is 0. The normalized spacial score (nSPS) is 13.5. The van der Waals surface area contributed by atoms with Crippen LogP contribution in [-0.2, 0) is 24.3 Å². The van der Waals surface area contributed by atoms with Gasteiger partial charge in [0.15, 0.2) is 0 Å². The predicted molar refractivity (Wildman–Crippen MR) is 143 cm³/mol. The number of amides is 1. The van der Waals surface area contributed by atoms with Crippen LogP contribution in [0.1, 0.15) is 16.7 Å². The van der Waals surface area contributed by atoms with Gasteiger partial charge in [-0.3, -0.25) is 4.90 Å². The monoisotopic (exact) mass is 501 g/mol. The summed E-state index contributed by atoms with van der Waals surface area (Å²) in [7, 11) is 0. The second kappa shape index (κ2) is 14.0. The average molecular weight is 502 g/mol. The lowest BCUT2D eigenvalue weighted by Gasteiger charge is -2.34. The van der Waals surface area contributed by atoms with Gasteiger partial charge in [-0.15, -0.1) is 24.8 Å². The van der Waals surface area contributed by atoms with Crippen molar-refractivity contribution in [3.63, 3.8) is 0 Å². The first-order valence-electron chi connectivity index (χ1n) is 11.3. The van der Waals surface area contributed by atoms with Crippen LogP contribution in [-0.4, -0.2) is 48.6 Å². The second-order valence-corrected chi connectivity index (χ2v) is 8.24. The number of carbonyl (C=O) groups excluding carboxylic acids is 1. The molecule has 182 valence electrons. The molecule has 1 aliphatic rings. The minimum Gasteiger partial charge on any atom is -0.445 e. The molecule has 0 saturated carbocycles. The van der Waals surface area contributed by atoms with Gasteiger partial charge in [0, 0.05) is 32.7 Å². The van der Waals surface area contributed by atoms with E-state index in [1.165, 1.54) is 22.3 Å². The van der Waals surface area contributed by atoms with Crippen molar-refractivity contribution < 1.29 is 9.53 Å². The third kappa shape index (κ3) is 7.74. The second-order valence-electron chi connectivity index (χ2n) is 8.24. The van der Waals surface area contributed by atoms with Gasteiger partial charge in [0.2, 0.25) is 0 Å². The van der Waals surface area contributed by atoms with E-state index < -0.39 is 0 Å². The van der Waals surface area contributed by atoms with Gasteiger partial charge in [-0.05, 0) is 46.8 Å². The van der Waals surface area contributed by atoms with Crippen molar-refractivity contribution in [1.29, 1.82) is 0 Å². The Morgan fingerprint density at radius 3 is 2.00 bits per heavy atom. The van der Waals surface area contributed by atoms with Crippen molar-refractivity contribution in [2.24, 2.45) is 5.73 Å². The van der Waals surface area contributed by atoms with Crippen LogP contribution in [0.4, 0.5) is 4.79 Å². The van der Waals surface area contributed by atoms with Gasteiger partial charge in [-0.1, -0.05) is 72.8 Å². The highest BCUT2D eigenvalue weighted by Crippen LogP contribution is 2.23. The van der Waals surface area contributed by atoms with E-state index in [0.29, 0.717) is 26.2 Å². The first-order valence-corrected chi connectivity index (χ1v) is 11.3. The van der Waals surface area contributed by atoms with Crippen molar-refractivity contribution in [2.45, 2.75) is 19.6 Å². The summed E-state index contributed by atoms with van der Waals surface area (Å²) in [6.45, 7) is 4.92. The molecule has 3 aromatic rings. The number of hydrogen-bond donors (Lipinski definition) is 1. The number of hydrogen-bond acceptors (Lipinski definition) is 4. The zero-order valence-electron chi connectivity index (χ0n) is 19.3. The number of benzene rings is 3. The summed E-state index contributed by atoms with van der Waals surface area (Å²) < 4.78 is 5.47. The van der Waals surface area contributed by atoms with Crippen LogP contribution in [0.15, 0.2) is 78.9 Å². The highest BCUT2D eigenvalue weighted by Gasteiger charge is 2.22. The number of ether oxygens (including phenoxy) is 1. The zero-order valence-corrected chi connectivity index (χ0v) is 20.9. The molecule has 1 saturated heterocycles. The van der Waals surface area contributed by atoms with Crippen molar-refractivity contribution in [3.05, 3.63) is 95.6 Å². The molecule has 0 bridgehead atoms. The van der Waals surface area contributed by atoms with E-state index in [9.17, 15) is 4.79 Å². The Balaban J connectivity index is 0.00000204. The Kier molecular flexibility index (Phi) is 11.4. The number of carbonyl (C=O) groups is 1. The minimum absolute atomic E-state index is 0. The maximum absolute atomic E-state index is 12.4. The van der Waals surface area contributed by atoms with Crippen LogP contribution in [0, 0.1) is 0 Å². The van der Waals surface area contributed by atoms with Crippen LogP contribution in [0.25, 0.3) is 11.1 Å². The number of halogens is 2. The van der Waals surface area contributed by atoms with Crippen LogP contribution in [0.2, 0.25) is 0 Å². The number of nitrogens with zero attached hydrogens (tertiary/aromatic N) is 2. The van der Waals surface area contributed by atoms with Gasteiger partial charge in [-0.25, -0.2) is 4.79 Å². The topological polar surface area (TPSA) is 58.8 Å². The molecule has 1 amide bonds. The first kappa shape index (κ1) is 27.7. The van der Waals surface area contributed by atoms with Crippen molar-refractivity contribution in [2.75, 3.05) is 32.7 Å². The van der Waals surface area contributed by atoms with Crippen LogP contribution >= 0.6 is 24.8 Å². The molecular formula is C27H33Cl2N3O2. The molecule has 3 aromatic carbocycles. The Labute approximate surface area is 214 Å². The first-order chi connectivity index (χ1) is 15.7. The van der Waals surface area contributed by atoms with E-state index in [4.69, 9.17) is 10.5 Å². The Hall–Kier alpha value is -2.57. The van der Waals surface area contributed by atoms with E-state index in [1.54, 1.807) is 4.90 Å². The van der Waals surface area contributed by atoms with Crippen molar-refractivity contribution in [3.8, 4) is 11.1 Å². The molecule has 0 atom stereocenters. The molecule has 0 aromatic heterocycles. The van der Waals surface area contributed by atoms with E-state index in [-0.39, 0.29) is 30.9 Å². The average Bonchev–Trinajstić information content (AvgIpc) is 2.84. The standard InChI is InChI=1S/C27H31N3O2.2ClH/c28-13-12-22-8-4-10-25(18-22)26-11-5-9-24(19-26)20-29-14-16-30(17-15-29)27(31)32-21-23-6-2-1-3-7-23;;/h1-11,18-19H,12-17,20-21,28H2;2*1H. The summed E-state index contributed by atoms with van der Waals surface area (Å²) in [6.07, 6.45) is 0.666. The molecule has 34 heavy (non-hydrogen) atoms. The van der Waals surface area contributed by atoms with E-state index in [1.807, 2.05) is 30.3 Å². The Bertz CT molecular complexity index is 1030. The molecule has 2 N–H and O–H groups in total. The Morgan fingerprint density at radius 1 is 0.765 bits per heavy atom. The number of rotatable bonds is 7. The SMILES string of the molecule is Cl.Cl.NCCc1cccc(-c2cccc(CN3CCN(C(=O)OCc4ccccc4)CC3)c2)c1. The molecule has 0 unspecified atom stereocenters. The lowest BCUT2D eigenvalue weighted by atomic mass is 10.00. The third-order valence-electron chi connectivity index (χ3n) is 5.86. The molecule has 1 aliphatic heterocycles. The van der Waals surface area contributed by atoms with Gasteiger partial charge in [0.05, 0.1) is 0 Å². The molecule has 1 heterocycles. The molecule has 0 spiro atoms. The van der Waals surface area contributed by atoms with E-state index in [2.05, 4.69) is 53.4 Å². The number of piperazine rings is 1. The van der Waals surface area contributed by atoms with Crippen LogP contribution in [0.3, 0.4) is 0 Å². The quantitative estimate of drug-likeness (QED) is 0.486. The van der Waals surface area contributed by atoms with Crippen molar-refractivity contribution in [1.82, 2.24) is 9.80 Å². The summed E-state index contributed by atoms with van der Waals surface area (Å²) in [5, 5.41) is 0. The summed E-state index contributed by atoms with van der Waals surface area (Å²) in [6, 6.07) is 27.1. The van der Waals surface area contributed by atoms with E-state index >= 15 is 0 Å². The molecule has 1 fully saturated rings. The lowest BCUT2D eigenvalue weighted by Crippen LogP contribution is -2.48. The minimum atomic E-state index is -0.229. The van der Waals surface area contributed by atoms with Gasteiger partial charge in [-0.2, -0.15) is 0 Å². The molecule has 7 heteroatoms. The Morgan fingerprint density at radius 2 is 1.35 bits per heavy atom. The number of nitrogens with two attached hydrogens (primary N) is 1. The summed E-state index contributed by atoms with van der Waals surface area (Å²) in [5.41, 5.74) is 11.7. The third-order valence-corrected chi connectivity index (χ3v) is 5.86. The fourth-order valence-electron chi connectivity index (χ4n) is 4.08. The van der Waals surface area contributed by atoms with E-state index in [0.717, 1.165) is 31.6 Å². The van der Waals surface area contributed by atoms with Crippen molar-refractivity contribution >= 4 is 30.9 Å². The fourth-order valence-corrected chi connectivity index (χ4v) is 4.08. The highest BCUT2D eigenvalue weighted by atomic mass is 35.5. The summed E-state index contributed by atoms with van der Waals surface area (Å²) in [5.74, 6) is 0. The van der Waals surface area contributed by atoms with Gasteiger partial charge in [0.1, 0.15) is 6.61 Å². The maximum Gasteiger partial charge on any atom is 0.410 e. The predicted octanol–water partition coefficient (Wildman–Crippen LogP) is 5.15. The molecular weight excluding hydrogens is 469 g/mol. The van der Waals surface area contributed by atoms with Gasteiger partial charge < -0.3 is 15.4 Å². The molecule has 4 rings (SSSR count). The summed E-state index contributed by atoms with van der Waals surface area (Å²) in [4.78, 5) is 16.6. The fraction of sp³-hybridized carbons (Fsp3) is 0.296. The smallest absolute Gasteiger partial charge is 0.410 e. The van der Waals surface area contributed by atoms with Gasteiger partial charge in [0.25, 0.3) is 0 Å². The van der Waals surface area contributed by atoms with Crippen LogP contribution < -0.4 is 5.73 Å². The zero-order chi connectivity index (χ0) is 22.2. The van der Waals surface area contributed by atoms with Gasteiger partial charge >= 0.3 is 6.09 Å². The van der Waals surface area contributed by atoms with Crippen LogP contribution in [0.5, 0.6) is 0 Å². The lowest BCUT2D eigenvalue weighted by molar-refractivity contribution is 0.0700. The molecule has 0 radical (unpaired) electrons. The molecule has 0 aliphatic carbocycles.